The lowest BCUT2D eigenvalue weighted by Gasteiger charge is -2.10. The van der Waals surface area contributed by atoms with Crippen LogP contribution >= 0.6 is 23.6 Å². The highest BCUT2D eigenvalue weighted by atomic mass is 32.1. The molecule has 0 saturated carbocycles. The van der Waals surface area contributed by atoms with Crippen LogP contribution in [0, 0.1) is 4.77 Å². The molecule has 0 fully saturated rings. The number of thiazole rings is 1. The molecule has 0 amide bonds. The Morgan fingerprint density at radius 3 is 3.00 bits per heavy atom. The van der Waals surface area contributed by atoms with Gasteiger partial charge < -0.3 is 9.30 Å². The quantitative estimate of drug-likeness (QED) is 0.751. The van der Waals surface area contributed by atoms with Crippen molar-refractivity contribution in [1.82, 2.24) is 14.5 Å². The van der Waals surface area contributed by atoms with Gasteiger partial charge in [-0.25, -0.2) is 4.98 Å². The fraction of sp³-hybridized carbons (Fsp3) is 0.214. The lowest BCUT2D eigenvalue weighted by atomic mass is 10.3. The molecule has 0 saturated heterocycles. The van der Waals surface area contributed by atoms with Crippen LogP contribution in [-0.4, -0.2) is 28.3 Å². The molecule has 5 nitrogen and oxygen atoms in total. The number of nitrogens with one attached hydrogen (secondary N) is 1. The number of hydrogen-bond acceptors (Lipinski definition) is 5. The summed E-state index contributed by atoms with van der Waals surface area (Å²) in [6.45, 7) is 1.08. The van der Waals surface area contributed by atoms with Crippen LogP contribution < -0.4 is 5.56 Å². The van der Waals surface area contributed by atoms with Gasteiger partial charge in [0, 0.05) is 19.7 Å². The van der Waals surface area contributed by atoms with Crippen LogP contribution in [0.3, 0.4) is 0 Å². The maximum atomic E-state index is 11.7. The number of H-pyrrole nitrogens is 1. The summed E-state index contributed by atoms with van der Waals surface area (Å²) in [5, 5.41) is 0.782. The minimum atomic E-state index is -0.220. The third kappa shape index (κ3) is 2.80. The zero-order valence-electron chi connectivity index (χ0n) is 11.3. The SMILES string of the molecule is COCCn1c(-c2nc3ccccc3s2)cc(=O)[nH]c1=S. The van der Waals surface area contributed by atoms with Crippen LogP contribution in [0.5, 0.6) is 0 Å². The number of ether oxygens (including phenoxy) is 1. The minimum absolute atomic E-state index is 0.220. The van der Waals surface area contributed by atoms with Crippen LogP contribution in [0.15, 0.2) is 35.1 Å². The second-order valence-electron chi connectivity index (χ2n) is 4.46. The van der Waals surface area contributed by atoms with Crippen LogP contribution in [0.4, 0.5) is 0 Å². The second-order valence-corrected chi connectivity index (χ2v) is 5.87. The average molecular weight is 319 g/mol. The molecule has 0 bridgehead atoms. The van der Waals surface area contributed by atoms with E-state index in [-0.39, 0.29) is 5.56 Å². The molecule has 0 aliphatic carbocycles. The van der Waals surface area contributed by atoms with Gasteiger partial charge in [0.15, 0.2) is 4.77 Å². The van der Waals surface area contributed by atoms with Gasteiger partial charge in [-0.1, -0.05) is 12.1 Å². The van der Waals surface area contributed by atoms with E-state index in [4.69, 9.17) is 17.0 Å². The molecule has 108 valence electrons. The van der Waals surface area contributed by atoms with E-state index in [0.29, 0.717) is 17.9 Å². The van der Waals surface area contributed by atoms with Crippen LogP contribution in [0.25, 0.3) is 20.9 Å². The summed E-state index contributed by atoms with van der Waals surface area (Å²) < 4.78 is 8.41. The minimum Gasteiger partial charge on any atom is -0.383 e. The van der Waals surface area contributed by atoms with Gasteiger partial charge in [0.2, 0.25) is 0 Å². The molecular formula is C14H13N3O2S2. The number of aromatic nitrogens is 3. The average Bonchev–Trinajstić information content (AvgIpc) is 2.89. The summed E-state index contributed by atoms with van der Waals surface area (Å²) in [4.78, 5) is 19.0. The fourth-order valence-corrected chi connectivity index (χ4v) is 3.37. The smallest absolute Gasteiger partial charge is 0.252 e. The maximum absolute atomic E-state index is 11.7. The van der Waals surface area contributed by atoms with Crippen molar-refractivity contribution in [2.45, 2.75) is 6.54 Å². The number of fused-ring (bicyclic) bond motifs is 1. The molecule has 0 aliphatic heterocycles. The Kier molecular flexibility index (Phi) is 3.96. The van der Waals surface area contributed by atoms with Crippen LogP contribution in [0.2, 0.25) is 0 Å². The highest BCUT2D eigenvalue weighted by Gasteiger charge is 2.11. The Labute approximate surface area is 129 Å². The van der Waals surface area contributed by atoms with E-state index in [1.54, 1.807) is 18.4 Å². The van der Waals surface area contributed by atoms with Gasteiger partial charge in [-0.15, -0.1) is 11.3 Å². The summed E-state index contributed by atoms with van der Waals surface area (Å²) in [6, 6.07) is 9.41. The lowest BCUT2D eigenvalue weighted by Crippen LogP contribution is -2.16. The van der Waals surface area contributed by atoms with E-state index in [2.05, 4.69) is 9.97 Å². The summed E-state index contributed by atoms with van der Waals surface area (Å²) in [5.41, 5.74) is 1.42. The van der Waals surface area contributed by atoms with Gasteiger partial charge in [-0.3, -0.25) is 9.78 Å². The van der Waals surface area contributed by atoms with Crippen molar-refractivity contribution in [3.8, 4) is 10.7 Å². The first kappa shape index (κ1) is 14.1. The van der Waals surface area contributed by atoms with E-state index in [1.165, 1.54) is 6.07 Å². The van der Waals surface area contributed by atoms with Gasteiger partial charge in [0.1, 0.15) is 5.01 Å². The Balaban J connectivity index is 2.20. The van der Waals surface area contributed by atoms with Crippen molar-refractivity contribution in [2.24, 2.45) is 0 Å². The number of nitrogens with zero attached hydrogens (tertiary/aromatic N) is 2. The molecule has 2 heterocycles. The normalized spacial score (nSPS) is 11.1. The van der Waals surface area contributed by atoms with Gasteiger partial charge in [0.05, 0.1) is 22.5 Å². The summed E-state index contributed by atoms with van der Waals surface area (Å²) in [6.07, 6.45) is 0. The molecule has 2 aromatic heterocycles. The number of para-hydroxylation sites is 1. The fourth-order valence-electron chi connectivity index (χ4n) is 2.08. The maximum Gasteiger partial charge on any atom is 0.252 e. The number of aromatic amines is 1. The predicted octanol–water partition coefficient (Wildman–Crippen LogP) is 2.83. The lowest BCUT2D eigenvalue weighted by molar-refractivity contribution is 0.186. The van der Waals surface area contributed by atoms with Crippen molar-refractivity contribution in [3.05, 3.63) is 45.5 Å². The topological polar surface area (TPSA) is 59.9 Å². The molecule has 0 aliphatic rings. The van der Waals surface area contributed by atoms with E-state index >= 15 is 0 Å². The van der Waals surface area contributed by atoms with E-state index in [9.17, 15) is 4.79 Å². The zero-order valence-corrected chi connectivity index (χ0v) is 13.0. The van der Waals surface area contributed by atoms with Crippen molar-refractivity contribution in [1.29, 1.82) is 0 Å². The van der Waals surface area contributed by atoms with Crippen LogP contribution in [-0.2, 0) is 11.3 Å². The summed E-state index contributed by atoms with van der Waals surface area (Å²) in [5.74, 6) is 0. The third-order valence-electron chi connectivity index (χ3n) is 3.07. The van der Waals surface area contributed by atoms with Crippen molar-refractivity contribution >= 4 is 33.8 Å². The highest BCUT2D eigenvalue weighted by molar-refractivity contribution is 7.71. The summed E-state index contributed by atoms with van der Waals surface area (Å²) in [7, 11) is 1.63. The largest absolute Gasteiger partial charge is 0.383 e. The van der Waals surface area contributed by atoms with Crippen molar-refractivity contribution in [2.75, 3.05) is 13.7 Å². The molecule has 3 aromatic rings. The molecular weight excluding hydrogens is 306 g/mol. The van der Waals surface area contributed by atoms with Crippen molar-refractivity contribution < 1.29 is 4.74 Å². The molecule has 0 unspecified atom stereocenters. The molecule has 1 N–H and O–H groups in total. The molecule has 3 rings (SSSR count). The molecule has 0 atom stereocenters. The Bertz CT molecular complexity index is 862. The van der Waals surface area contributed by atoms with Gasteiger partial charge in [0.25, 0.3) is 5.56 Å². The Hall–Kier alpha value is -1.83. The predicted molar refractivity (Wildman–Crippen MR) is 86.4 cm³/mol. The number of methoxy groups -OCH3 is 1. The first-order chi connectivity index (χ1) is 10.2. The first-order valence-corrected chi connectivity index (χ1v) is 7.60. The highest BCUT2D eigenvalue weighted by Crippen LogP contribution is 2.29. The molecule has 0 radical (unpaired) electrons. The van der Waals surface area contributed by atoms with Gasteiger partial charge in [-0.2, -0.15) is 0 Å². The Morgan fingerprint density at radius 1 is 1.43 bits per heavy atom. The standard InChI is InChI=1S/C14H13N3O2S2/c1-19-7-6-17-10(8-12(18)16-14(17)20)13-15-9-4-2-3-5-11(9)21-13/h2-5,8H,6-7H2,1H3,(H,16,18,20). The molecule has 0 spiro atoms. The second kappa shape index (κ2) is 5.88. The number of hydrogen-bond donors (Lipinski definition) is 1. The van der Waals surface area contributed by atoms with Crippen molar-refractivity contribution in [3.63, 3.8) is 0 Å². The third-order valence-corrected chi connectivity index (χ3v) is 4.45. The molecule has 21 heavy (non-hydrogen) atoms. The molecule has 1 aromatic carbocycles. The first-order valence-electron chi connectivity index (χ1n) is 6.38. The summed E-state index contributed by atoms with van der Waals surface area (Å²) >= 11 is 6.79. The van der Waals surface area contributed by atoms with E-state index in [1.807, 2.05) is 28.8 Å². The van der Waals surface area contributed by atoms with E-state index < -0.39 is 0 Å². The van der Waals surface area contributed by atoms with E-state index in [0.717, 1.165) is 20.9 Å². The van der Waals surface area contributed by atoms with Gasteiger partial charge >= 0.3 is 0 Å². The van der Waals surface area contributed by atoms with Gasteiger partial charge in [-0.05, 0) is 24.4 Å². The number of benzene rings is 1. The monoisotopic (exact) mass is 319 g/mol. The Morgan fingerprint density at radius 2 is 2.24 bits per heavy atom. The number of rotatable bonds is 4. The molecule has 7 heteroatoms. The van der Waals surface area contributed by atoms with Crippen LogP contribution in [0.1, 0.15) is 0 Å². The zero-order chi connectivity index (χ0) is 14.8.